The molecule has 1 saturated heterocycles. The first-order valence-electron chi connectivity index (χ1n) is 10.3. The van der Waals surface area contributed by atoms with Gasteiger partial charge in [0.1, 0.15) is 11.6 Å². The third-order valence-corrected chi connectivity index (χ3v) is 6.26. The van der Waals surface area contributed by atoms with E-state index in [2.05, 4.69) is 10.2 Å². The van der Waals surface area contributed by atoms with Gasteiger partial charge in [-0.05, 0) is 55.0 Å². The monoisotopic (exact) mass is 432 g/mol. The summed E-state index contributed by atoms with van der Waals surface area (Å²) in [6, 6.07) is 8.53. The molecule has 2 fully saturated rings. The number of nitrogens with zero attached hydrogens (tertiary/aromatic N) is 4. The Labute approximate surface area is 175 Å². The third-order valence-electron chi connectivity index (χ3n) is 6.26. The molecule has 1 aromatic carbocycles. The lowest BCUT2D eigenvalue weighted by atomic mass is 9.96. The van der Waals surface area contributed by atoms with Crippen molar-refractivity contribution in [2.24, 2.45) is 5.92 Å². The van der Waals surface area contributed by atoms with Crippen molar-refractivity contribution in [2.45, 2.75) is 37.3 Å². The molecule has 3 unspecified atom stereocenters. The maximum atomic E-state index is 13.1. The lowest BCUT2D eigenvalue weighted by Gasteiger charge is -2.32. The number of rotatable bonds is 3. The summed E-state index contributed by atoms with van der Waals surface area (Å²) in [6.45, 7) is 1.02. The van der Waals surface area contributed by atoms with Crippen molar-refractivity contribution < 1.29 is 22.4 Å². The number of carbonyl (C=O) groups is 1. The normalized spacial score (nSPS) is 23.9. The molecule has 5 rings (SSSR count). The van der Waals surface area contributed by atoms with Crippen LogP contribution < -0.4 is 0 Å². The van der Waals surface area contributed by atoms with Gasteiger partial charge in [-0.2, -0.15) is 13.2 Å². The van der Waals surface area contributed by atoms with Gasteiger partial charge in [-0.1, -0.05) is 12.1 Å². The molecule has 0 bridgehead atoms. The van der Waals surface area contributed by atoms with Crippen LogP contribution in [0.15, 0.2) is 42.6 Å². The highest BCUT2D eigenvalue weighted by atomic mass is 19.4. The van der Waals surface area contributed by atoms with Crippen molar-refractivity contribution in [3.8, 4) is 0 Å². The Kier molecular flexibility index (Phi) is 4.71. The van der Waals surface area contributed by atoms with E-state index in [-0.39, 0.29) is 29.5 Å². The SMILES string of the molecule is O=C(C1CC1c1ccc(F)cc1)N1CCCC(c2nnc3ccc(C(F)(F)F)cn23)C1. The summed E-state index contributed by atoms with van der Waals surface area (Å²) in [6.07, 6.45) is -1.22. The fourth-order valence-electron chi connectivity index (χ4n) is 4.52. The maximum absolute atomic E-state index is 13.1. The molecular weight excluding hydrogens is 412 g/mol. The van der Waals surface area contributed by atoms with Gasteiger partial charge in [-0.15, -0.1) is 10.2 Å². The first-order valence-corrected chi connectivity index (χ1v) is 10.3. The summed E-state index contributed by atoms with van der Waals surface area (Å²) in [7, 11) is 0. The Balaban J connectivity index is 1.33. The molecular formula is C22H20F4N4O. The summed E-state index contributed by atoms with van der Waals surface area (Å²) >= 11 is 0. The molecule has 0 radical (unpaired) electrons. The van der Waals surface area contributed by atoms with Crippen LogP contribution >= 0.6 is 0 Å². The minimum atomic E-state index is -4.45. The molecule has 9 heteroatoms. The van der Waals surface area contributed by atoms with Crippen LogP contribution in [0.4, 0.5) is 17.6 Å². The molecule has 0 N–H and O–H groups in total. The Morgan fingerprint density at radius 1 is 1.06 bits per heavy atom. The van der Waals surface area contributed by atoms with E-state index in [9.17, 15) is 22.4 Å². The van der Waals surface area contributed by atoms with E-state index in [1.165, 1.54) is 22.6 Å². The van der Waals surface area contributed by atoms with Crippen molar-refractivity contribution in [3.05, 3.63) is 65.4 Å². The molecule has 31 heavy (non-hydrogen) atoms. The second kappa shape index (κ2) is 7.32. The minimum Gasteiger partial charge on any atom is -0.342 e. The predicted octanol–water partition coefficient (Wildman–Crippen LogP) is 4.40. The predicted molar refractivity (Wildman–Crippen MR) is 104 cm³/mol. The zero-order valence-corrected chi connectivity index (χ0v) is 16.5. The van der Waals surface area contributed by atoms with Crippen LogP contribution in [0.3, 0.4) is 0 Å². The average Bonchev–Trinajstić information content (AvgIpc) is 3.44. The summed E-state index contributed by atoms with van der Waals surface area (Å²) in [4.78, 5) is 14.8. The lowest BCUT2D eigenvalue weighted by molar-refractivity contribution is -0.138. The van der Waals surface area contributed by atoms with E-state index >= 15 is 0 Å². The zero-order valence-electron chi connectivity index (χ0n) is 16.5. The number of likely N-dealkylation sites (tertiary alicyclic amines) is 1. The molecule has 3 atom stereocenters. The third kappa shape index (κ3) is 3.77. The molecule has 3 heterocycles. The maximum Gasteiger partial charge on any atom is 0.417 e. The molecule has 1 aliphatic carbocycles. The van der Waals surface area contributed by atoms with Crippen molar-refractivity contribution in [1.82, 2.24) is 19.5 Å². The van der Waals surface area contributed by atoms with Crippen molar-refractivity contribution in [1.29, 1.82) is 0 Å². The fraction of sp³-hybridized carbons (Fsp3) is 0.409. The molecule has 162 valence electrons. The van der Waals surface area contributed by atoms with Gasteiger partial charge < -0.3 is 4.90 Å². The highest BCUT2D eigenvalue weighted by molar-refractivity contribution is 5.83. The molecule has 0 spiro atoms. The van der Waals surface area contributed by atoms with E-state index < -0.39 is 11.7 Å². The van der Waals surface area contributed by atoms with Crippen LogP contribution in [0.5, 0.6) is 0 Å². The number of piperidine rings is 1. The number of amides is 1. The summed E-state index contributed by atoms with van der Waals surface area (Å²) in [5, 5.41) is 8.14. The van der Waals surface area contributed by atoms with Gasteiger partial charge in [0, 0.05) is 31.1 Å². The quantitative estimate of drug-likeness (QED) is 0.577. The average molecular weight is 432 g/mol. The Bertz CT molecular complexity index is 1120. The Morgan fingerprint density at radius 3 is 2.58 bits per heavy atom. The number of hydrogen-bond acceptors (Lipinski definition) is 3. The van der Waals surface area contributed by atoms with Crippen LogP contribution in [-0.2, 0) is 11.0 Å². The number of halogens is 4. The van der Waals surface area contributed by atoms with Crippen LogP contribution in [0, 0.1) is 11.7 Å². The molecule has 1 saturated carbocycles. The summed E-state index contributed by atoms with van der Waals surface area (Å²) in [5.41, 5.74) is 0.548. The number of benzene rings is 1. The number of aromatic nitrogens is 3. The highest BCUT2D eigenvalue weighted by Gasteiger charge is 2.46. The number of fused-ring (bicyclic) bond motifs is 1. The molecule has 1 aliphatic heterocycles. The van der Waals surface area contributed by atoms with Crippen molar-refractivity contribution in [2.75, 3.05) is 13.1 Å². The molecule has 2 aromatic heterocycles. The van der Waals surface area contributed by atoms with Crippen LogP contribution in [0.1, 0.15) is 48.0 Å². The Morgan fingerprint density at radius 2 is 1.84 bits per heavy atom. The zero-order chi connectivity index (χ0) is 21.8. The number of hydrogen-bond donors (Lipinski definition) is 0. The van der Waals surface area contributed by atoms with E-state index in [4.69, 9.17) is 0 Å². The lowest BCUT2D eigenvalue weighted by Crippen LogP contribution is -2.40. The van der Waals surface area contributed by atoms with Crippen molar-refractivity contribution in [3.63, 3.8) is 0 Å². The van der Waals surface area contributed by atoms with Gasteiger partial charge >= 0.3 is 6.18 Å². The van der Waals surface area contributed by atoms with E-state index in [1.54, 1.807) is 17.0 Å². The molecule has 2 aliphatic rings. The highest BCUT2D eigenvalue weighted by Crippen LogP contribution is 2.49. The van der Waals surface area contributed by atoms with Crippen molar-refractivity contribution >= 4 is 11.6 Å². The standard InChI is InChI=1S/C22H20F4N4O/c23-16-6-3-13(4-7-16)17-10-18(17)21(31)29-9-1-2-14(11-29)20-28-27-19-8-5-15(12-30(19)20)22(24,25)26/h3-8,12,14,17-18H,1-2,9-11H2. The number of carbonyl (C=O) groups excluding carboxylic acids is 1. The largest absolute Gasteiger partial charge is 0.417 e. The molecule has 3 aromatic rings. The second-order valence-electron chi connectivity index (χ2n) is 8.33. The smallest absolute Gasteiger partial charge is 0.342 e. The van der Waals surface area contributed by atoms with E-state index in [0.717, 1.165) is 37.1 Å². The Hall–Kier alpha value is -2.97. The van der Waals surface area contributed by atoms with Gasteiger partial charge in [0.05, 0.1) is 5.56 Å². The number of pyridine rings is 1. The van der Waals surface area contributed by atoms with Crippen LogP contribution in [0.25, 0.3) is 5.65 Å². The minimum absolute atomic E-state index is 0.0452. The van der Waals surface area contributed by atoms with Gasteiger partial charge in [-0.25, -0.2) is 4.39 Å². The van der Waals surface area contributed by atoms with E-state index in [0.29, 0.717) is 24.6 Å². The molecule has 1 amide bonds. The fourth-order valence-corrected chi connectivity index (χ4v) is 4.52. The summed E-state index contributed by atoms with van der Waals surface area (Å²) < 4.78 is 53.9. The van der Waals surface area contributed by atoms with Crippen LogP contribution in [0.2, 0.25) is 0 Å². The van der Waals surface area contributed by atoms with Gasteiger partial charge in [-0.3, -0.25) is 9.20 Å². The topological polar surface area (TPSA) is 50.5 Å². The van der Waals surface area contributed by atoms with E-state index in [1.807, 2.05) is 0 Å². The first kappa shape index (κ1) is 20.0. The number of alkyl halides is 3. The molecule has 5 nitrogen and oxygen atoms in total. The summed E-state index contributed by atoms with van der Waals surface area (Å²) in [5.74, 6) is -0.0270. The van der Waals surface area contributed by atoms with Gasteiger partial charge in [0.2, 0.25) is 5.91 Å². The van der Waals surface area contributed by atoms with Gasteiger partial charge in [0.25, 0.3) is 0 Å². The first-order chi connectivity index (χ1) is 14.8. The van der Waals surface area contributed by atoms with Crippen LogP contribution in [-0.4, -0.2) is 38.5 Å². The van der Waals surface area contributed by atoms with Gasteiger partial charge in [0.15, 0.2) is 5.65 Å². The second-order valence-corrected chi connectivity index (χ2v) is 8.33.